The van der Waals surface area contributed by atoms with Crippen molar-refractivity contribution in [3.05, 3.63) is 35.4 Å². The summed E-state index contributed by atoms with van der Waals surface area (Å²) in [4.78, 5) is 0. The maximum absolute atomic E-state index is 12.6. The maximum Gasteiger partial charge on any atom is 0.455 e. The summed E-state index contributed by atoms with van der Waals surface area (Å²) in [6.45, 7) is -1.15. The van der Waals surface area contributed by atoms with Crippen LogP contribution in [0, 0.1) is 0 Å². The third-order valence-electron chi connectivity index (χ3n) is 2.65. The zero-order chi connectivity index (χ0) is 15.2. The molecule has 0 saturated heterocycles. The summed E-state index contributed by atoms with van der Waals surface area (Å²) in [6.07, 6.45) is -4.77. The van der Waals surface area contributed by atoms with Crippen LogP contribution in [0.15, 0.2) is 24.3 Å². The van der Waals surface area contributed by atoms with Crippen LogP contribution in [0.2, 0.25) is 0 Å². The first-order valence-corrected chi connectivity index (χ1v) is 6.01. The Morgan fingerprint density at radius 2 is 1.55 bits per heavy atom. The molecule has 1 rings (SSSR count). The highest BCUT2D eigenvalue weighted by molar-refractivity contribution is 5.22. The molecule has 0 amide bonds. The van der Waals surface area contributed by atoms with E-state index < -0.39 is 18.7 Å². The molecule has 0 spiro atoms. The van der Waals surface area contributed by atoms with Gasteiger partial charge in [-0.15, -0.1) is 0 Å². The molecule has 0 aliphatic rings. The molecule has 0 heterocycles. The Labute approximate surface area is 113 Å². The van der Waals surface area contributed by atoms with Crippen LogP contribution in [0.25, 0.3) is 0 Å². The van der Waals surface area contributed by atoms with Crippen molar-refractivity contribution in [3.8, 4) is 0 Å². The van der Waals surface area contributed by atoms with Gasteiger partial charge in [0.05, 0.1) is 6.61 Å². The fourth-order valence-corrected chi connectivity index (χ4v) is 1.45. The molecule has 0 atom stereocenters. The summed E-state index contributed by atoms with van der Waals surface area (Å²) < 4.78 is 65.3. The van der Waals surface area contributed by atoms with Gasteiger partial charge in [-0.05, 0) is 31.1 Å². The van der Waals surface area contributed by atoms with Crippen LogP contribution in [-0.4, -0.2) is 32.3 Å². The summed E-state index contributed by atoms with van der Waals surface area (Å²) in [5, 5.41) is 2.98. The second-order valence-electron chi connectivity index (χ2n) is 4.37. The number of alkyl halides is 5. The molecule has 0 radical (unpaired) electrons. The van der Waals surface area contributed by atoms with Gasteiger partial charge < -0.3 is 10.1 Å². The summed E-state index contributed by atoms with van der Waals surface area (Å²) in [5.74, 6) is -4.82. The molecule has 0 aromatic heterocycles. The molecule has 0 bridgehead atoms. The Hall–Kier alpha value is -1.21. The van der Waals surface area contributed by atoms with Crippen LogP contribution in [0.4, 0.5) is 22.0 Å². The molecular formula is C13H16F5NO. The van der Waals surface area contributed by atoms with Crippen LogP contribution in [0.1, 0.15) is 11.1 Å². The average molecular weight is 297 g/mol. The third-order valence-corrected chi connectivity index (χ3v) is 2.65. The first-order chi connectivity index (χ1) is 9.26. The number of rotatable bonds is 7. The van der Waals surface area contributed by atoms with Gasteiger partial charge in [-0.25, -0.2) is 0 Å². The van der Waals surface area contributed by atoms with E-state index in [0.29, 0.717) is 5.56 Å². The highest BCUT2D eigenvalue weighted by atomic mass is 19.4. The summed E-state index contributed by atoms with van der Waals surface area (Å²) in [7, 11) is 1.82. The van der Waals surface area contributed by atoms with Crippen molar-refractivity contribution in [1.29, 1.82) is 0 Å². The molecule has 1 aromatic carbocycles. The lowest BCUT2D eigenvalue weighted by atomic mass is 10.1. The van der Waals surface area contributed by atoms with E-state index in [1.54, 1.807) is 24.3 Å². The van der Waals surface area contributed by atoms with Gasteiger partial charge in [0.15, 0.2) is 0 Å². The molecular weight excluding hydrogens is 281 g/mol. The zero-order valence-corrected chi connectivity index (χ0v) is 10.9. The highest BCUT2D eigenvalue weighted by Gasteiger charge is 2.57. The minimum atomic E-state index is -5.58. The summed E-state index contributed by atoms with van der Waals surface area (Å²) in [5.41, 5.74) is 1.60. The molecule has 7 heteroatoms. The predicted molar refractivity (Wildman–Crippen MR) is 64.7 cm³/mol. The number of likely N-dealkylation sites (N-methyl/N-ethyl adjacent to an activating group) is 1. The molecule has 20 heavy (non-hydrogen) atoms. The molecule has 114 valence electrons. The normalized spacial score (nSPS) is 12.7. The quantitative estimate of drug-likeness (QED) is 0.781. The van der Waals surface area contributed by atoms with Gasteiger partial charge in [0.1, 0.15) is 6.61 Å². The molecule has 0 saturated carbocycles. The monoisotopic (exact) mass is 297 g/mol. The van der Waals surface area contributed by atoms with Gasteiger partial charge in [0.25, 0.3) is 0 Å². The third kappa shape index (κ3) is 5.05. The molecule has 2 nitrogen and oxygen atoms in total. The summed E-state index contributed by atoms with van der Waals surface area (Å²) in [6, 6.07) is 6.88. The van der Waals surface area contributed by atoms with Crippen LogP contribution in [0.5, 0.6) is 0 Å². The number of halogens is 5. The first-order valence-electron chi connectivity index (χ1n) is 6.01. The minimum absolute atomic E-state index is 0.280. The fraction of sp³-hybridized carbons (Fsp3) is 0.538. The van der Waals surface area contributed by atoms with E-state index >= 15 is 0 Å². The van der Waals surface area contributed by atoms with E-state index in [2.05, 4.69) is 10.1 Å². The predicted octanol–water partition coefficient (Wildman–Crippen LogP) is 3.16. The van der Waals surface area contributed by atoms with E-state index in [4.69, 9.17) is 0 Å². The largest absolute Gasteiger partial charge is 0.455 e. The maximum atomic E-state index is 12.6. The van der Waals surface area contributed by atoms with Crippen molar-refractivity contribution in [3.63, 3.8) is 0 Å². The Balaban J connectivity index is 2.43. The van der Waals surface area contributed by atoms with Gasteiger partial charge in [-0.3, -0.25) is 0 Å². The van der Waals surface area contributed by atoms with Gasteiger partial charge in [0, 0.05) is 0 Å². The Morgan fingerprint density at radius 1 is 1.00 bits per heavy atom. The topological polar surface area (TPSA) is 21.3 Å². The smallest absolute Gasteiger partial charge is 0.370 e. The SMILES string of the molecule is CNCCc1ccc(COCC(F)(F)C(F)(F)F)cc1. The second-order valence-corrected chi connectivity index (χ2v) is 4.37. The highest BCUT2D eigenvalue weighted by Crippen LogP contribution is 2.35. The Kier molecular flexibility index (Phi) is 5.88. The minimum Gasteiger partial charge on any atom is -0.370 e. The number of hydrogen-bond donors (Lipinski definition) is 1. The zero-order valence-electron chi connectivity index (χ0n) is 10.9. The van der Waals surface area contributed by atoms with Gasteiger partial charge in [-0.2, -0.15) is 22.0 Å². The molecule has 0 aliphatic heterocycles. The fourth-order valence-electron chi connectivity index (χ4n) is 1.45. The van der Waals surface area contributed by atoms with Crippen molar-refractivity contribution in [1.82, 2.24) is 5.32 Å². The molecule has 1 aromatic rings. The van der Waals surface area contributed by atoms with Gasteiger partial charge in [-0.1, -0.05) is 24.3 Å². The van der Waals surface area contributed by atoms with Crippen LogP contribution < -0.4 is 5.32 Å². The van der Waals surface area contributed by atoms with E-state index in [9.17, 15) is 22.0 Å². The number of benzene rings is 1. The molecule has 0 unspecified atom stereocenters. The van der Waals surface area contributed by atoms with Crippen molar-refractivity contribution in [2.75, 3.05) is 20.2 Å². The van der Waals surface area contributed by atoms with Crippen LogP contribution >= 0.6 is 0 Å². The Morgan fingerprint density at radius 3 is 2.05 bits per heavy atom. The Bertz CT molecular complexity index is 402. The van der Waals surface area contributed by atoms with Crippen molar-refractivity contribution in [2.45, 2.75) is 25.1 Å². The second kappa shape index (κ2) is 6.99. The van der Waals surface area contributed by atoms with Crippen molar-refractivity contribution in [2.24, 2.45) is 0 Å². The van der Waals surface area contributed by atoms with Gasteiger partial charge in [0.2, 0.25) is 0 Å². The van der Waals surface area contributed by atoms with Crippen LogP contribution in [0.3, 0.4) is 0 Å². The lowest BCUT2D eigenvalue weighted by Gasteiger charge is -2.19. The standard InChI is InChI=1S/C13H16F5NO/c1-19-7-6-10-2-4-11(5-3-10)8-20-9-12(14,15)13(16,17)18/h2-5,19H,6-9H2,1H3. The van der Waals surface area contributed by atoms with E-state index in [1.165, 1.54) is 0 Å². The first kappa shape index (κ1) is 16.8. The number of ether oxygens (including phenoxy) is 1. The summed E-state index contributed by atoms with van der Waals surface area (Å²) >= 11 is 0. The lowest BCUT2D eigenvalue weighted by molar-refractivity contribution is -0.297. The van der Waals surface area contributed by atoms with E-state index in [0.717, 1.165) is 18.5 Å². The van der Waals surface area contributed by atoms with Crippen molar-refractivity contribution < 1.29 is 26.7 Å². The van der Waals surface area contributed by atoms with Crippen LogP contribution in [-0.2, 0) is 17.8 Å². The van der Waals surface area contributed by atoms with Gasteiger partial charge >= 0.3 is 12.1 Å². The molecule has 1 N–H and O–H groups in total. The van der Waals surface area contributed by atoms with E-state index in [-0.39, 0.29) is 6.61 Å². The average Bonchev–Trinajstić information content (AvgIpc) is 2.36. The molecule has 0 fully saturated rings. The lowest BCUT2D eigenvalue weighted by Crippen LogP contribution is -2.40. The number of hydrogen-bond acceptors (Lipinski definition) is 2. The van der Waals surface area contributed by atoms with E-state index in [1.807, 2.05) is 7.05 Å². The number of nitrogens with one attached hydrogen (secondary N) is 1. The molecule has 0 aliphatic carbocycles. The van der Waals surface area contributed by atoms with Crippen molar-refractivity contribution >= 4 is 0 Å².